The van der Waals surface area contributed by atoms with E-state index in [9.17, 15) is 5.11 Å². The summed E-state index contributed by atoms with van der Waals surface area (Å²) in [6, 6.07) is 2.90. The first kappa shape index (κ1) is 14.5. The molecule has 0 saturated carbocycles. The molecule has 4 N–H and O–H groups in total. The molecule has 1 aromatic rings. The number of hydrogen-bond acceptors (Lipinski definition) is 4. The zero-order chi connectivity index (χ0) is 9.84. The third kappa shape index (κ3) is 2.98. The summed E-state index contributed by atoms with van der Waals surface area (Å²) < 4.78 is 0. The summed E-state index contributed by atoms with van der Waals surface area (Å²) in [5.41, 5.74) is 1.18. The van der Waals surface area contributed by atoms with E-state index in [1.807, 2.05) is 0 Å². The topological polar surface area (TPSA) is 80.9 Å². The van der Waals surface area contributed by atoms with Crippen LogP contribution in [0.4, 0.5) is 0 Å². The van der Waals surface area contributed by atoms with Gasteiger partial charge < -0.3 is 20.4 Å². The molecule has 0 aromatic heterocycles. The Hall–Kier alpha value is 0.471. The van der Waals surface area contributed by atoms with Gasteiger partial charge in [-0.1, -0.05) is 6.07 Å². The first-order valence-corrected chi connectivity index (χ1v) is 3.89. The van der Waals surface area contributed by atoms with E-state index in [0.29, 0.717) is 11.1 Å². The van der Waals surface area contributed by atoms with E-state index in [1.165, 1.54) is 12.1 Å². The summed E-state index contributed by atoms with van der Waals surface area (Å²) in [5, 5.41) is 36.0. The number of benzene rings is 1. The molecule has 2 radical (unpaired) electrons. The van der Waals surface area contributed by atoms with E-state index in [4.69, 9.17) is 15.3 Å². The minimum absolute atomic E-state index is 0. The molecular weight excluding hydrogens is 309 g/mol. The monoisotopic (exact) mass is 322 g/mol. The Labute approximate surface area is 122 Å². The Morgan fingerprint density at radius 3 is 1.86 bits per heavy atom. The molecular formula is C9H12BaO4. The Bertz CT molecular complexity index is 301. The Morgan fingerprint density at radius 2 is 1.43 bits per heavy atom. The maximum atomic E-state index is 9.29. The molecule has 0 fully saturated rings. The maximum absolute atomic E-state index is 9.29. The number of aromatic hydroxyl groups is 1. The van der Waals surface area contributed by atoms with Crippen LogP contribution in [-0.4, -0.2) is 69.3 Å². The van der Waals surface area contributed by atoms with Gasteiger partial charge in [0.1, 0.15) is 5.75 Å². The van der Waals surface area contributed by atoms with Crippen LogP contribution in [-0.2, 0) is 19.8 Å². The van der Waals surface area contributed by atoms with Crippen LogP contribution in [0, 0.1) is 0 Å². The van der Waals surface area contributed by atoms with Gasteiger partial charge in [-0.3, -0.25) is 0 Å². The van der Waals surface area contributed by atoms with Gasteiger partial charge in [-0.05, 0) is 17.2 Å². The molecule has 74 valence electrons. The summed E-state index contributed by atoms with van der Waals surface area (Å²) in [6.45, 7) is -0.876. The van der Waals surface area contributed by atoms with Crippen molar-refractivity contribution in [2.75, 3.05) is 0 Å². The van der Waals surface area contributed by atoms with E-state index in [2.05, 4.69) is 0 Å². The number of phenols is 1. The van der Waals surface area contributed by atoms with Crippen molar-refractivity contribution in [3.63, 3.8) is 0 Å². The molecule has 0 aliphatic carbocycles. The van der Waals surface area contributed by atoms with Crippen molar-refractivity contribution in [3.8, 4) is 5.75 Å². The van der Waals surface area contributed by atoms with Crippen LogP contribution in [0.3, 0.4) is 0 Å². The van der Waals surface area contributed by atoms with Crippen LogP contribution in [0.15, 0.2) is 12.1 Å². The zero-order valence-electron chi connectivity index (χ0n) is 7.77. The third-order valence-corrected chi connectivity index (χ3v) is 1.99. The van der Waals surface area contributed by atoms with Crippen LogP contribution in [0.25, 0.3) is 0 Å². The van der Waals surface area contributed by atoms with Gasteiger partial charge in [0.25, 0.3) is 0 Å². The fourth-order valence-electron chi connectivity index (χ4n) is 1.25. The van der Waals surface area contributed by atoms with Gasteiger partial charge in [0.05, 0.1) is 19.8 Å². The molecule has 0 saturated heterocycles. The molecule has 0 bridgehead atoms. The fraction of sp³-hybridized carbons (Fsp3) is 0.333. The first-order chi connectivity index (χ1) is 6.24. The molecule has 1 aromatic carbocycles. The van der Waals surface area contributed by atoms with Crippen molar-refractivity contribution in [3.05, 3.63) is 28.8 Å². The molecule has 0 aliphatic heterocycles. The Morgan fingerprint density at radius 1 is 0.857 bits per heavy atom. The standard InChI is InChI=1S/C9H12O4.Ba/c10-3-6-1-2-9(13)8(5-12)7(6)4-11;/h1-2,10-13H,3-5H2;. The summed E-state index contributed by atoms with van der Waals surface area (Å²) in [6.07, 6.45) is 0. The number of aliphatic hydroxyl groups excluding tert-OH is 3. The predicted molar refractivity (Wildman–Crippen MR) is 51.6 cm³/mol. The minimum atomic E-state index is -0.352. The second kappa shape index (κ2) is 6.86. The van der Waals surface area contributed by atoms with E-state index in [-0.39, 0.29) is 80.0 Å². The summed E-state index contributed by atoms with van der Waals surface area (Å²) in [7, 11) is 0. The second-order valence-electron chi connectivity index (χ2n) is 2.68. The Kier molecular flexibility index (Phi) is 7.10. The predicted octanol–water partition coefficient (Wildman–Crippen LogP) is -0.512. The Balaban J connectivity index is 0.00000169. The molecule has 0 spiro atoms. The fourth-order valence-corrected chi connectivity index (χ4v) is 1.25. The number of hydrogen-bond donors (Lipinski definition) is 4. The van der Waals surface area contributed by atoms with Crippen LogP contribution >= 0.6 is 0 Å². The van der Waals surface area contributed by atoms with Gasteiger partial charge in [-0.15, -0.1) is 0 Å². The van der Waals surface area contributed by atoms with Crippen LogP contribution in [0.5, 0.6) is 5.75 Å². The molecule has 5 heteroatoms. The van der Waals surface area contributed by atoms with Crippen molar-refractivity contribution in [1.29, 1.82) is 0 Å². The van der Waals surface area contributed by atoms with Crippen LogP contribution in [0.1, 0.15) is 16.7 Å². The zero-order valence-corrected chi connectivity index (χ0v) is 12.2. The molecule has 0 aliphatic rings. The molecule has 0 amide bonds. The van der Waals surface area contributed by atoms with E-state index in [1.54, 1.807) is 0 Å². The van der Waals surface area contributed by atoms with Crippen molar-refractivity contribution < 1.29 is 20.4 Å². The van der Waals surface area contributed by atoms with Crippen molar-refractivity contribution in [1.82, 2.24) is 0 Å². The van der Waals surface area contributed by atoms with Crippen LogP contribution < -0.4 is 0 Å². The molecule has 4 nitrogen and oxygen atoms in total. The largest absolute Gasteiger partial charge is 0.508 e. The van der Waals surface area contributed by atoms with Crippen LogP contribution in [0.2, 0.25) is 0 Å². The van der Waals surface area contributed by atoms with Gasteiger partial charge in [-0.2, -0.15) is 0 Å². The summed E-state index contributed by atoms with van der Waals surface area (Å²) >= 11 is 0. The maximum Gasteiger partial charge on any atom is 0.121 e. The molecule has 14 heavy (non-hydrogen) atoms. The molecule has 0 heterocycles. The first-order valence-electron chi connectivity index (χ1n) is 3.89. The number of aliphatic hydroxyl groups is 3. The SMILES string of the molecule is OCc1ccc(O)c(CO)c1CO.[Ba]. The van der Waals surface area contributed by atoms with E-state index < -0.39 is 0 Å². The minimum Gasteiger partial charge on any atom is -0.508 e. The van der Waals surface area contributed by atoms with Gasteiger partial charge >= 0.3 is 0 Å². The van der Waals surface area contributed by atoms with Crippen molar-refractivity contribution in [2.24, 2.45) is 0 Å². The molecule has 0 atom stereocenters. The number of rotatable bonds is 3. The second-order valence-corrected chi connectivity index (χ2v) is 2.68. The summed E-state index contributed by atoms with van der Waals surface area (Å²) in [4.78, 5) is 0. The molecule has 0 unspecified atom stereocenters. The van der Waals surface area contributed by atoms with Crippen molar-refractivity contribution >= 4 is 48.9 Å². The summed E-state index contributed by atoms with van der Waals surface area (Å²) in [5.74, 6) is -0.0660. The van der Waals surface area contributed by atoms with Gasteiger partial charge in [0.15, 0.2) is 0 Å². The normalized spacial score (nSPS) is 9.64. The average molecular weight is 322 g/mol. The van der Waals surface area contributed by atoms with E-state index in [0.717, 1.165) is 0 Å². The van der Waals surface area contributed by atoms with E-state index >= 15 is 0 Å². The van der Waals surface area contributed by atoms with Gasteiger partial charge in [0.2, 0.25) is 0 Å². The van der Waals surface area contributed by atoms with Gasteiger partial charge in [0, 0.05) is 54.4 Å². The smallest absolute Gasteiger partial charge is 0.121 e. The quantitative estimate of drug-likeness (QED) is 0.565. The molecule has 1 rings (SSSR count). The van der Waals surface area contributed by atoms with Gasteiger partial charge in [-0.25, -0.2) is 0 Å². The third-order valence-electron chi connectivity index (χ3n) is 1.99. The average Bonchev–Trinajstić information content (AvgIpc) is 2.17. The van der Waals surface area contributed by atoms with Crippen molar-refractivity contribution in [2.45, 2.75) is 19.8 Å².